The number of nitrogens with zero attached hydrogens (tertiary/aromatic N) is 5. The minimum atomic E-state index is -3.99. The van der Waals surface area contributed by atoms with E-state index in [1.807, 2.05) is 34.0 Å². The van der Waals surface area contributed by atoms with Crippen molar-refractivity contribution < 1.29 is 167 Å². The van der Waals surface area contributed by atoms with Gasteiger partial charge < -0.3 is 144 Å². The smallest absolute Gasteiger partial charge is 0.410 e. The molecule has 0 bridgehead atoms. The third-order valence-corrected chi connectivity index (χ3v) is 25.8. The highest BCUT2D eigenvalue weighted by Crippen LogP contribution is 2.34. The van der Waals surface area contributed by atoms with Gasteiger partial charge in [0.2, 0.25) is 59.5 Å². The van der Waals surface area contributed by atoms with Gasteiger partial charge in [-0.2, -0.15) is 8.42 Å². The topological polar surface area (TPSA) is 621 Å². The number of ether oxygens (including phenoxy) is 13. The van der Waals surface area contributed by atoms with Crippen LogP contribution >= 0.6 is 0 Å². The summed E-state index contributed by atoms with van der Waals surface area (Å²) in [5.74, 6) is -11.1. The van der Waals surface area contributed by atoms with Gasteiger partial charge in [0.05, 0.1) is 193 Å². The highest BCUT2D eigenvalue weighted by atomic mass is 32.2. The minimum absolute atomic E-state index is 0.00557. The van der Waals surface area contributed by atoms with E-state index in [4.69, 9.17) is 71.9 Å². The summed E-state index contributed by atoms with van der Waals surface area (Å²) in [7, 11) is 5.73. The number of aliphatic carboxylic acids is 1. The minimum Gasteiger partial charge on any atom is -0.479 e. The van der Waals surface area contributed by atoms with E-state index in [-0.39, 0.29) is 117 Å². The number of imide groups is 1. The molecule has 0 aliphatic carbocycles. The molecule has 2 aromatic rings. The van der Waals surface area contributed by atoms with Gasteiger partial charge in [0.15, 0.2) is 6.10 Å². The highest BCUT2D eigenvalue weighted by Gasteiger charge is 2.50. The first kappa shape index (κ1) is 126. The van der Waals surface area contributed by atoms with Crippen LogP contribution in [0.2, 0.25) is 0 Å². The number of aliphatic hydroxyl groups is 4. The number of aliphatic hydroxyl groups excluding tert-OH is 4. The Morgan fingerprint density at radius 3 is 1.72 bits per heavy atom. The zero-order valence-corrected chi connectivity index (χ0v) is 87.1. The summed E-state index contributed by atoms with van der Waals surface area (Å²) in [4.78, 5) is 182. The first-order valence-electron chi connectivity index (χ1n) is 49.6. The molecule has 48 heteroatoms. The van der Waals surface area contributed by atoms with Crippen LogP contribution in [-0.2, 0) is 131 Å². The molecule has 3 heterocycles. The summed E-state index contributed by atoms with van der Waals surface area (Å²) in [6, 6.07) is 5.51. The van der Waals surface area contributed by atoms with Crippen LogP contribution in [0, 0.1) is 23.7 Å². The molecular weight excluding hydrogens is 1920 g/mol. The van der Waals surface area contributed by atoms with Gasteiger partial charge in [0, 0.05) is 105 Å². The Morgan fingerprint density at radius 2 is 1.18 bits per heavy atom. The second-order valence-corrected chi connectivity index (χ2v) is 38.8. The number of carbonyl (C=O) groups is 13. The molecule has 47 nitrogen and oxygen atoms in total. The number of hydrogen-bond donors (Lipinski definition) is 14. The Morgan fingerprint density at radius 1 is 0.614 bits per heavy atom. The van der Waals surface area contributed by atoms with E-state index in [1.54, 1.807) is 77.8 Å². The van der Waals surface area contributed by atoms with Crippen molar-refractivity contribution in [2.24, 2.45) is 29.4 Å². The summed E-state index contributed by atoms with van der Waals surface area (Å²) < 4.78 is 105. The second kappa shape index (κ2) is 66.6. The number of nitrogens with two attached hydrogens (primary N) is 1. The standard InChI is InChI=1S/C97H159N13O34S/c1-15-64(6)83(74(132-13)59-80(116)108-38-21-27-71(108)88(133-14)65(7)90(121)102-66(8)84(117)68-24-17-16-18-25-68)106(9)94(125)81(62(2)3)105-93(124)82(63(4)5)107(10)97(128)142-61-67-29-30-73(143-96-87(120)85(118)86(119)89(144-96)95(126)127)70(58-67)103-77(113)33-36-101-91(122)69(104-92(123)72(60-98)109-78(114)31-32-79(109)115)26-19-20-35-99-76(112)34-41-134-43-45-136-47-49-138-51-53-140-55-56-141-54-52-139-50-48-137-46-44-135-42-37-100-75(111)28-22-39-110(11,12)40-23-57-145(129,130)131/h16-18,24-25,29-32,58,62-66,69,71-72,74,81-89,96,117-120H,15,19-23,26-28,33-57,59-61,98H2,1-14H3,(H8-,99,100,101,102,103,104,105,111,112,113,121,122,123,124,126,127,129,130,131)/p+1/t64-,65+,66+,69-,71-,72-,74+,81-,82-,83-,84+,85-,86-,87+,88+,89-,96+/m0/s1. The van der Waals surface area contributed by atoms with E-state index in [2.05, 4.69) is 37.2 Å². The molecule has 3 aliphatic rings. The van der Waals surface area contributed by atoms with Gasteiger partial charge in [0.25, 0.3) is 21.9 Å². The number of rotatable bonds is 74. The van der Waals surface area contributed by atoms with Gasteiger partial charge in [0.1, 0.15) is 54.8 Å². The van der Waals surface area contributed by atoms with Crippen molar-refractivity contribution in [1.29, 1.82) is 0 Å². The van der Waals surface area contributed by atoms with Crippen LogP contribution in [0.3, 0.4) is 0 Å². The van der Waals surface area contributed by atoms with Gasteiger partial charge in [-0.1, -0.05) is 91.3 Å². The SMILES string of the molecule is CC[C@H](C)[C@@H]([C@@H](CC(=O)N1CCC[C@H]1[C@H](OC)[C@@H](C)C(=O)N[C@H](C)[C@@H](O)c1ccccc1)OC)N(C)C(=O)[C@@H](NC(=O)[C@H](C(C)C)N(C)C(=O)OCc1ccc(O[C@@H]2O[C@H](C(=O)O)[C@@H](O)[C@H](O)[C@H]2O)c(NC(=O)CCNC(=O)[C@H](CCCCNC(=O)CCOCCOCCOCCOCCOCCOCCOCCOCCNC(=O)CCC[N+](C)(C)CCCS(=O)(=O)O)NC(=O)[C@H](CN)N2C(=O)C=CC2=O)c1)C(C)C. The number of amides is 12. The van der Waals surface area contributed by atoms with E-state index >= 15 is 4.79 Å². The molecule has 5 rings (SSSR count). The molecular formula is C97H160N13O34S+. The molecule has 0 aromatic heterocycles. The van der Waals surface area contributed by atoms with E-state index in [1.165, 1.54) is 44.4 Å². The molecule has 17 atom stereocenters. The third-order valence-electron chi connectivity index (χ3n) is 25.0. The Kier molecular flexibility index (Phi) is 57.8. The van der Waals surface area contributed by atoms with Crippen molar-refractivity contribution in [2.45, 2.75) is 230 Å². The predicted octanol–water partition coefficient (Wildman–Crippen LogP) is 0.0920. The Hall–Kier alpha value is -9.68. The lowest BCUT2D eigenvalue weighted by Gasteiger charge is -2.41. The van der Waals surface area contributed by atoms with Gasteiger partial charge in [-0.15, -0.1) is 0 Å². The van der Waals surface area contributed by atoms with Crippen LogP contribution in [0.25, 0.3) is 0 Å². The van der Waals surface area contributed by atoms with Crippen LogP contribution in [0.5, 0.6) is 5.75 Å². The molecule has 0 spiro atoms. The lowest BCUT2D eigenvalue weighted by Crippen LogP contribution is -2.61. The monoisotopic (exact) mass is 2080 g/mol. The molecule has 2 fully saturated rings. The number of methoxy groups -OCH3 is 2. The Balaban J connectivity index is 1.08. The molecule has 145 heavy (non-hydrogen) atoms. The molecule has 822 valence electrons. The van der Waals surface area contributed by atoms with Crippen molar-refractivity contribution in [2.75, 3.05) is 205 Å². The Labute approximate surface area is 849 Å². The first-order valence-corrected chi connectivity index (χ1v) is 51.2. The normalized spacial score (nSPS) is 18.8. The molecule has 15 N–H and O–H groups in total. The number of anilines is 1. The number of nitrogens with one attached hydrogen (secondary N) is 7. The molecule has 12 amide bonds. The van der Waals surface area contributed by atoms with Crippen LogP contribution in [0.4, 0.5) is 10.5 Å². The predicted molar refractivity (Wildman–Crippen MR) is 525 cm³/mol. The summed E-state index contributed by atoms with van der Waals surface area (Å²) in [5, 5.41) is 72.1. The fourth-order valence-electron chi connectivity index (χ4n) is 16.7. The maximum Gasteiger partial charge on any atom is 0.410 e. The maximum absolute atomic E-state index is 15.0. The van der Waals surface area contributed by atoms with Gasteiger partial charge in [-0.3, -0.25) is 67.1 Å². The van der Waals surface area contributed by atoms with E-state index < -0.39 is 199 Å². The molecule has 2 aromatic carbocycles. The fourth-order valence-corrected chi connectivity index (χ4v) is 17.2. The number of carboxylic acid groups (broad SMARTS) is 1. The first-order chi connectivity index (χ1) is 68.9. The Bertz CT molecular complexity index is 4450. The number of likely N-dealkylation sites (tertiary alicyclic amines) is 1. The van der Waals surface area contributed by atoms with Crippen LogP contribution in [0.15, 0.2) is 60.7 Å². The average Bonchev–Trinajstić information content (AvgIpc) is 1.43. The number of carbonyl (C=O) groups excluding carboxylic acids is 12. The summed E-state index contributed by atoms with van der Waals surface area (Å²) in [6.07, 6.45) is -9.34. The number of hydrogen-bond acceptors (Lipinski definition) is 33. The average molecular weight is 2080 g/mol. The summed E-state index contributed by atoms with van der Waals surface area (Å²) in [6.45, 7) is 19.8. The molecule has 0 unspecified atom stereocenters. The van der Waals surface area contributed by atoms with Crippen molar-refractivity contribution in [3.63, 3.8) is 0 Å². The number of benzene rings is 2. The van der Waals surface area contributed by atoms with Gasteiger partial charge in [-0.05, 0) is 80.0 Å². The van der Waals surface area contributed by atoms with Crippen LogP contribution in [-0.4, -0.2) is 425 Å². The van der Waals surface area contributed by atoms with E-state index in [0.717, 1.165) is 17.1 Å². The van der Waals surface area contributed by atoms with Crippen LogP contribution in [0.1, 0.15) is 150 Å². The molecule has 2 saturated heterocycles. The number of likely N-dealkylation sites (N-methyl/N-ethyl adjacent to an activating group) is 2. The quantitative estimate of drug-likeness (QED) is 0.0181. The number of quaternary nitrogens is 1. The second-order valence-electron chi connectivity index (χ2n) is 37.3. The fraction of sp³-hybridized carbons (Fsp3) is 0.722. The lowest BCUT2D eigenvalue weighted by molar-refractivity contribution is -0.890. The zero-order chi connectivity index (χ0) is 107. The summed E-state index contributed by atoms with van der Waals surface area (Å²) >= 11 is 0. The molecule has 0 radical (unpaired) electrons. The van der Waals surface area contributed by atoms with Crippen molar-refractivity contribution >= 4 is 92.8 Å². The summed E-state index contributed by atoms with van der Waals surface area (Å²) in [5.41, 5.74) is 6.45. The van der Waals surface area contributed by atoms with E-state index in [9.17, 15) is 91.5 Å². The van der Waals surface area contributed by atoms with Gasteiger partial charge in [-0.25, -0.2) is 9.59 Å². The van der Waals surface area contributed by atoms with Crippen molar-refractivity contribution in [3.05, 3.63) is 71.8 Å². The zero-order valence-electron chi connectivity index (χ0n) is 86.2. The molecule has 0 saturated carbocycles. The van der Waals surface area contributed by atoms with Crippen LogP contribution < -0.4 is 47.7 Å². The van der Waals surface area contributed by atoms with Crippen molar-refractivity contribution in [1.82, 2.24) is 51.5 Å². The number of carboxylic acids is 1. The maximum atomic E-state index is 15.0. The number of unbranched alkanes of at least 4 members (excludes halogenated alkanes) is 1. The van der Waals surface area contributed by atoms with Crippen molar-refractivity contribution in [3.8, 4) is 5.75 Å². The lowest BCUT2D eigenvalue weighted by atomic mass is 9.89. The molecule has 3 aliphatic heterocycles. The highest BCUT2D eigenvalue weighted by molar-refractivity contribution is 7.85. The third kappa shape index (κ3) is 44.3. The van der Waals surface area contributed by atoms with Gasteiger partial charge >= 0.3 is 12.1 Å². The largest absolute Gasteiger partial charge is 0.479 e. The van der Waals surface area contributed by atoms with E-state index in [0.29, 0.717) is 159 Å².